The van der Waals surface area contributed by atoms with Gasteiger partial charge in [0.25, 0.3) is 0 Å². The maximum Gasteiger partial charge on any atom is 1.00 e. The molecule has 0 unspecified atom stereocenters. The minimum atomic E-state index is -4.42. The third-order valence-electron chi connectivity index (χ3n) is 4.98. The number of fused-ring (bicyclic) bond motifs is 1. The van der Waals surface area contributed by atoms with E-state index in [9.17, 15) is 13.0 Å². The largest absolute Gasteiger partial charge is 1.00 e. The minimum absolute atomic E-state index is 0. The van der Waals surface area contributed by atoms with E-state index in [-0.39, 0.29) is 56.3 Å². The van der Waals surface area contributed by atoms with E-state index in [0.717, 1.165) is 36.5 Å². The molecule has 2 aromatic rings. The van der Waals surface area contributed by atoms with Crippen molar-refractivity contribution in [1.82, 2.24) is 0 Å². The first-order chi connectivity index (χ1) is 12.5. The van der Waals surface area contributed by atoms with Crippen LogP contribution in [0.2, 0.25) is 0 Å². The second kappa shape index (κ2) is 12.7. The fraction of sp³-hybridized carbons (Fsp3) is 0.545. The normalized spacial score (nSPS) is 11.5. The van der Waals surface area contributed by atoms with Crippen LogP contribution >= 0.6 is 0 Å². The Morgan fingerprint density at radius 3 is 2.04 bits per heavy atom. The Morgan fingerprint density at radius 2 is 1.44 bits per heavy atom. The molecule has 27 heavy (non-hydrogen) atoms. The molecule has 0 aliphatic heterocycles. The average Bonchev–Trinajstić information content (AvgIpc) is 2.61. The van der Waals surface area contributed by atoms with Gasteiger partial charge in [-0.3, -0.25) is 0 Å². The van der Waals surface area contributed by atoms with Gasteiger partial charge in [-0.15, -0.1) is 0 Å². The van der Waals surface area contributed by atoms with Gasteiger partial charge < -0.3 is 4.55 Å². The summed E-state index contributed by atoms with van der Waals surface area (Å²) in [5.74, 6) is 0. The Kier molecular flexibility index (Phi) is 11.9. The second-order valence-corrected chi connectivity index (χ2v) is 8.59. The van der Waals surface area contributed by atoms with Crippen molar-refractivity contribution in [3.8, 4) is 0 Å². The van der Waals surface area contributed by atoms with E-state index in [1.165, 1.54) is 55.7 Å². The molecule has 0 saturated carbocycles. The van der Waals surface area contributed by atoms with Crippen molar-refractivity contribution in [2.45, 2.75) is 83.0 Å². The predicted octanol–water partition coefficient (Wildman–Crippen LogP) is 2.99. The zero-order valence-corrected chi connectivity index (χ0v) is 21.0. The van der Waals surface area contributed by atoms with E-state index in [4.69, 9.17) is 0 Å². The zero-order chi connectivity index (χ0) is 19.0. The fourth-order valence-electron chi connectivity index (χ4n) is 3.50. The van der Waals surface area contributed by atoms with Crippen molar-refractivity contribution in [1.29, 1.82) is 0 Å². The van der Waals surface area contributed by atoms with Crippen LogP contribution in [0.15, 0.2) is 35.2 Å². The molecule has 3 nitrogen and oxygen atoms in total. The van der Waals surface area contributed by atoms with Gasteiger partial charge >= 0.3 is 51.4 Å². The van der Waals surface area contributed by atoms with Crippen LogP contribution in [0.1, 0.15) is 76.3 Å². The van der Waals surface area contributed by atoms with Crippen LogP contribution in [0.3, 0.4) is 0 Å². The molecule has 0 saturated heterocycles. The maximum absolute atomic E-state index is 11.4. The molecule has 0 spiro atoms. The summed E-state index contributed by atoms with van der Waals surface area (Å²) >= 11 is 0. The molecule has 144 valence electrons. The van der Waals surface area contributed by atoms with Crippen molar-refractivity contribution in [3.63, 3.8) is 0 Å². The molecule has 0 aliphatic rings. The monoisotopic (exact) mass is 414 g/mol. The van der Waals surface area contributed by atoms with Crippen LogP contribution in [0, 0.1) is 0 Å². The first-order valence-corrected chi connectivity index (χ1v) is 11.4. The summed E-state index contributed by atoms with van der Waals surface area (Å²) in [6.45, 7) is 4.41. The molecular formula is C22H31KO3S. The van der Waals surface area contributed by atoms with E-state index in [2.05, 4.69) is 26.0 Å². The number of hydrogen-bond donors (Lipinski definition) is 0. The summed E-state index contributed by atoms with van der Waals surface area (Å²) < 4.78 is 34.1. The zero-order valence-electron chi connectivity index (χ0n) is 17.1. The Balaban J connectivity index is 0.00000364. The van der Waals surface area contributed by atoms with Crippen LogP contribution in [-0.2, 0) is 23.0 Å². The van der Waals surface area contributed by atoms with Gasteiger partial charge in [-0.2, -0.15) is 0 Å². The van der Waals surface area contributed by atoms with E-state index in [0.29, 0.717) is 0 Å². The summed E-state index contributed by atoms with van der Waals surface area (Å²) in [5, 5.41) is 1.95. The van der Waals surface area contributed by atoms with Gasteiger partial charge in [0.1, 0.15) is 10.1 Å². The minimum Gasteiger partial charge on any atom is -0.744 e. The molecule has 0 fully saturated rings. The van der Waals surface area contributed by atoms with Gasteiger partial charge in [0, 0.05) is 0 Å². The SMILES string of the molecule is CCCCCCc1cc(CCCCCC)c2ccc(S(=O)(=O)[O-])cc2c1.[K+]. The van der Waals surface area contributed by atoms with Gasteiger partial charge in [0.2, 0.25) is 0 Å². The molecule has 0 bridgehead atoms. The van der Waals surface area contributed by atoms with Gasteiger partial charge in [-0.1, -0.05) is 70.6 Å². The first-order valence-electron chi connectivity index (χ1n) is 9.97. The summed E-state index contributed by atoms with van der Waals surface area (Å²) in [4.78, 5) is -0.134. The Bertz CT molecular complexity index is 816. The van der Waals surface area contributed by atoms with E-state index < -0.39 is 10.1 Å². The third-order valence-corrected chi connectivity index (χ3v) is 5.81. The molecule has 0 aliphatic carbocycles. The second-order valence-electron chi connectivity index (χ2n) is 7.21. The Hall–Kier alpha value is 0.246. The van der Waals surface area contributed by atoms with Crippen molar-refractivity contribution < 1.29 is 64.4 Å². The number of benzene rings is 2. The van der Waals surface area contributed by atoms with Gasteiger partial charge in [-0.05, 0) is 59.7 Å². The summed E-state index contributed by atoms with van der Waals surface area (Å²) in [6, 6.07) is 9.14. The van der Waals surface area contributed by atoms with E-state index >= 15 is 0 Å². The van der Waals surface area contributed by atoms with E-state index in [1.54, 1.807) is 12.1 Å². The Morgan fingerprint density at radius 1 is 0.815 bits per heavy atom. The molecule has 0 N–H and O–H groups in total. The van der Waals surface area contributed by atoms with Crippen LogP contribution in [0.5, 0.6) is 0 Å². The fourth-order valence-corrected chi connectivity index (χ4v) is 4.01. The van der Waals surface area contributed by atoms with Gasteiger partial charge in [0.05, 0.1) is 4.90 Å². The van der Waals surface area contributed by atoms with Crippen LogP contribution in [-0.4, -0.2) is 13.0 Å². The first kappa shape index (κ1) is 25.3. The van der Waals surface area contributed by atoms with Gasteiger partial charge in [-0.25, -0.2) is 8.42 Å². The quantitative estimate of drug-likeness (QED) is 0.323. The third kappa shape index (κ3) is 8.25. The van der Waals surface area contributed by atoms with Crippen molar-refractivity contribution in [2.24, 2.45) is 0 Å². The molecule has 0 aromatic heterocycles. The number of rotatable bonds is 11. The molecule has 0 radical (unpaired) electrons. The topological polar surface area (TPSA) is 57.2 Å². The Labute approximate surface area is 207 Å². The number of aryl methyl sites for hydroxylation is 2. The van der Waals surface area contributed by atoms with Crippen molar-refractivity contribution in [3.05, 3.63) is 41.5 Å². The van der Waals surface area contributed by atoms with Crippen LogP contribution in [0.25, 0.3) is 10.8 Å². The molecule has 0 atom stereocenters. The molecule has 0 amide bonds. The predicted molar refractivity (Wildman–Crippen MR) is 108 cm³/mol. The average molecular weight is 415 g/mol. The molecule has 5 heteroatoms. The van der Waals surface area contributed by atoms with Gasteiger partial charge in [0.15, 0.2) is 0 Å². The maximum atomic E-state index is 11.4. The summed E-state index contributed by atoms with van der Waals surface area (Å²) in [5.41, 5.74) is 2.53. The number of hydrogen-bond acceptors (Lipinski definition) is 3. The standard InChI is InChI=1S/C22H32O3S.K/c1-3-5-7-9-11-18-15-19(12-10-8-6-4-2)22-14-13-21(26(23,24)25)17-20(22)16-18;/h13-17H,3-12H2,1-2H3,(H,23,24,25);/q;+1/p-1. The molecule has 2 rings (SSSR count). The summed E-state index contributed by atoms with van der Waals surface area (Å²) in [7, 11) is -4.42. The molecule has 2 aromatic carbocycles. The van der Waals surface area contributed by atoms with Crippen molar-refractivity contribution >= 4 is 20.9 Å². The van der Waals surface area contributed by atoms with Crippen LogP contribution < -0.4 is 51.4 Å². The molecule has 0 heterocycles. The van der Waals surface area contributed by atoms with Crippen LogP contribution in [0.4, 0.5) is 0 Å². The molecular weight excluding hydrogens is 383 g/mol. The summed E-state index contributed by atoms with van der Waals surface area (Å²) in [6.07, 6.45) is 11.6. The smallest absolute Gasteiger partial charge is 0.744 e. The number of unbranched alkanes of at least 4 members (excludes halogenated alkanes) is 6. The van der Waals surface area contributed by atoms with E-state index in [1.807, 2.05) is 0 Å². The van der Waals surface area contributed by atoms with Crippen molar-refractivity contribution in [2.75, 3.05) is 0 Å².